The van der Waals surface area contributed by atoms with Crippen molar-refractivity contribution in [2.24, 2.45) is 0 Å². The lowest BCUT2D eigenvalue weighted by atomic mass is 10.0. The van der Waals surface area contributed by atoms with E-state index >= 15 is 0 Å². The molecule has 2 heterocycles. The third kappa shape index (κ3) is 1.94. The normalized spacial score (nSPS) is 29.8. The molecule has 1 unspecified atom stereocenters. The highest BCUT2D eigenvalue weighted by molar-refractivity contribution is 4.95. The van der Waals surface area contributed by atoms with Gasteiger partial charge in [-0.25, -0.2) is 4.68 Å². The van der Waals surface area contributed by atoms with Crippen LogP contribution in [0.25, 0.3) is 0 Å². The molecule has 2 aliphatic rings. The lowest BCUT2D eigenvalue weighted by Gasteiger charge is -2.24. The first kappa shape index (κ1) is 10.2. The maximum Gasteiger partial charge on any atom is 0.165 e. The molecule has 2 fully saturated rings. The number of aromatic nitrogens is 4. The SMILES string of the molecule is CC1(NCc2nnnn2C2CC2)CCNC1. The molecular formula is C10H18N6. The van der Waals surface area contributed by atoms with Crippen LogP contribution in [0.5, 0.6) is 0 Å². The maximum atomic E-state index is 4.09. The van der Waals surface area contributed by atoms with Gasteiger partial charge in [0.2, 0.25) is 0 Å². The summed E-state index contributed by atoms with van der Waals surface area (Å²) in [5.41, 5.74) is 0.195. The van der Waals surface area contributed by atoms with Crippen molar-refractivity contribution in [2.45, 2.75) is 44.3 Å². The van der Waals surface area contributed by atoms with Gasteiger partial charge in [0.15, 0.2) is 5.82 Å². The van der Waals surface area contributed by atoms with Crippen molar-refractivity contribution in [1.29, 1.82) is 0 Å². The fourth-order valence-electron chi connectivity index (χ4n) is 2.19. The van der Waals surface area contributed by atoms with Crippen LogP contribution in [0.4, 0.5) is 0 Å². The highest BCUT2D eigenvalue weighted by atomic mass is 15.6. The minimum Gasteiger partial charge on any atom is -0.315 e. The molecule has 0 bridgehead atoms. The van der Waals surface area contributed by atoms with E-state index in [1.807, 2.05) is 4.68 Å². The zero-order valence-electron chi connectivity index (χ0n) is 9.61. The second-order valence-electron chi connectivity index (χ2n) is 5.11. The van der Waals surface area contributed by atoms with Crippen molar-refractivity contribution >= 4 is 0 Å². The van der Waals surface area contributed by atoms with Crippen molar-refractivity contribution < 1.29 is 0 Å². The number of nitrogens with zero attached hydrogens (tertiary/aromatic N) is 4. The van der Waals surface area contributed by atoms with Crippen molar-refractivity contribution in [3.05, 3.63) is 5.82 Å². The van der Waals surface area contributed by atoms with Crippen LogP contribution in [0.1, 0.15) is 38.1 Å². The highest BCUT2D eigenvalue weighted by Gasteiger charge is 2.30. The van der Waals surface area contributed by atoms with Gasteiger partial charge in [0.05, 0.1) is 12.6 Å². The Morgan fingerprint density at radius 1 is 1.56 bits per heavy atom. The van der Waals surface area contributed by atoms with E-state index in [9.17, 15) is 0 Å². The Morgan fingerprint density at radius 2 is 2.44 bits per heavy atom. The summed E-state index contributed by atoms with van der Waals surface area (Å²) in [6.07, 6.45) is 3.60. The molecule has 1 aliphatic carbocycles. The van der Waals surface area contributed by atoms with Gasteiger partial charge >= 0.3 is 0 Å². The molecule has 16 heavy (non-hydrogen) atoms. The summed E-state index contributed by atoms with van der Waals surface area (Å²) < 4.78 is 1.97. The summed E-state index contributed by atoms with van der Waals surface area (Å²) in [5, 5.41) is 18.8. The minimum absolute atomic E-state index is 0.195. The zero-order valence-corrected chi connectivity index (χ0v) is 9.61. The number of tetrazole rings is 1. The third-order valence-corrected chi connectivity index (χ3v) is 3.50. The van der Waals surface area contributed by atoms with E-state index in [-0.39, 0.29) is 5.54 Å². The maximum absolute atomic E-state index is 4.09. The lowest BCUT2D eigenvalue weighted by Crippen LogP contribution is -2.44. The smallest absolute Gasteiger partial charge is 0.165 e. The molecule has 1 saturated carbocycles. The van der Waals surface area contributed by atoms with Gasteiger partial charge in [-0.2, -0.15) is 0 Å². The summed E-state index contributed by atoms with van der Waals surface area (Å²) in [6.45, 7) is 5.13. The zero-order chi connectivity index (χ0) is 11.0. The van der Waals surface area contributed by atoms with E-state index in [4.69, 9.17) is 0 Å². The summed E-state index contributed by atoms with van der Waals surface area (Å²) in [4.78, 5) is 0. The van der Waals surface area contributed by atoms with Gasteiger partial charge in [0.25, 0.3) is 0 Å². The second-order valence-corrected chi connectivity index (χ2v) is 5.11. The Kier molecular flexibility index (Phi) is 2.40. The average molecular weight is 222 g/mol. The summed E-state index contributed by atoms with van der Waals surface area (Å²) in [5.74, 6) is 0.968. The Morgan fingerprint density at radius 3 is 3.12 bits per heavy atom. The molecule has 88 valence electrons. The summed E-state index contributed by atoms with van der Waals surface area (Å²) in [6, 6.07) is 0.557. The standard InChI is InChI=1S/C10H18N6/c1-10(4-5-11-7-10)12-6-9-13-14-15-16(9)8-2-3-8/h8,11-12H,2-7H2,1H3. The predicted octanol–water partition coefficient (Wildman–Crippen LogP) is -0.150. The van der Waals surface area contributed by atoms with Crippen LogP contribution in [0.15, 0.2) is 0 Å². The van der Waals surface area contributed by atoms with Gasteiger partial charge in [-0.15, -0.1) is 5.10 Å². The van der Waals surface area contributed by atoms with E-state index < -0.39 is 0 Å². The quantitative estimate of drug-likeness (QED) is 0.741. The average Bonchev–Trinajstić information content (AvgIpc) is 2.86. The molecular weight excluding hydrogens is 204 g/mol. The molecule has 1 atom stereocenters. The van der Waals surface area contributed by atoms with Crippen molar-refractivity contribution in [1.82, 2.24) is 30.8 Å². The van der Waals surface area contributed by atoms with Gasteiger partial charge in [-0.1, -0.05) is 0 Å². The topological polar surface area (TPSA) is 67.7 Å². The van der Waals surface area contributed by atoms with Gasteiger partial charge in [-0.05, 0) is 43.2 Å². The first-order valence-electron chi connectivity index (χ1n) is 5.99. The molecule has 1 aromatic rings. The summed E-state index contributed by atoms with van der Waals surface area (Å²) in [7, 11) is 0. The van der Waals surface area contributed by atoms with E-state index in [1.165, 1.54) is 12.8 Å². The third-order valence-electron chi connectivity index (χ3n) is 3.50. The first-order valence-corrected chi connectivity index (χ1v) is 5.99. The number of nitrogens with one attached hydrogen (secondary N) is 2. The van der Waals surface area contributed by atoms with Crippen molar-refractivity contribution in [2.75, 3.05) is 13.1 Å². The number of hydrogen-bond donors (Lipinski definition) is 2. The largest absolute Gasteiger partial charge is 0.315 e. The van der Waals surface area contributed by atoms with E-state index in [0.717, 1.165) is 31.9 Å². The summed E-state index contributed by atoms with van der Waals surface area (Å²) >= 11 is 0. The molecule has 1 saturated heterocycles. The van der Waals surface area contributed by atoms with E-state index in [2.05, 4.69) is 33.1 Å². The van der Waals surface area contributed by atoms with Crippen LogP contribution >= 0.6 is 0 Å². The number of rotatable bonds is 4. The van der Waals surface area contributed by atoms with Crippen LogP contribution in [0.2, 0.25) is 0 Å². The van der Waals surface area contributed by atoms with Crippen LogP contribution in [-0.4, -0.2) is 38.8 Å². The monoisotopic (exact) mass is 222 g/mol. The molecule has 0 radical (unpaired) electrons. The Bertz CT molecular complexity index is 363. The van der Waals surface area contributed by atoms with Crippen LogP contribution in [0, 0.1) is 0 Å². The van der Waals surface area contributed by atoms with Crippen LogP contribution < -0.4 is 10.6 Å². The van der Waals surface area contributed by atoms with Gasteiger partial charge < -0.3 is 10.6 Å². The molecule has 1 aromatic heterocycles. The van der Waals surface area contributed by atoms with Gasteiger partial charge in [0.1, 0.15) is 0 Å². The van der Waals surface area contributed by atoms with Crippen LogP contribution in [-0.2, 0) is 6.54 Å². The minimum atomic E-state index is 0.195. The molecule has 3 rings (SSSR count). The Balaban J connectivity index is 1.63. The molecule has 0 spiro atoms. The fraction of sp³-hybridized carbons (Fsp3) is 0.900. The lowest BCUT2D eigenvalue weighted by molar-refractivity contribution is 0.374. The molecule has 1 aliphatic heterocycles. The Labute approximate surface area is 94.8 Å². The molecule has 0 amide bonds. The molecule has 6 nitrogen and oxygen atoms in total. The van der Waals surface area contributed by atoms with Crippen molar-refractivity contribution in [3.63, 3.8) is 0 Å². The Hall–Kier alpha value is -1.01. The highest BCUT2D eigenvalue weighted by Crippen LogP contribution is 2.34. The first-order chi connectivity index (χ1) is 7.77. The second kappa shape index (κ2) is 3.78. The van der Waals surface area contributed by atoms with Gasteiger partial charge in [0, 0.05) is 12.1 Å². The van der Waals surface area contributed by atoms with Crippen molar-refractivity contribution in [3.8, 4) is 0 Å². The molecule has 2 N–H and O–H groups in total. The van der Waals surface area contributed by atoms with Crippen LogP contribution in [0.3, 0.4) is 0 Å². The van der Waals surface area contributed by atoms with E-state index in [0.29, 0.717) is 6.04 Å². The molecule has 6 heteroatoms. The molecule has 0 aromatic carbocycles. The fourth-order valence-corrected chi connectivity index (χ4v) is 2.19. The van der Waals surface area contributed by atoms with E-state index in [1.54, 1.807) is 0 Å². The predicted molar refractivity (Wildman–Crippen MR) is 58.8 cm³/mol. The van der Waals surface area contributed by atoms with Gasteiger partial charge in [-0.3, -0.25) is 0 Å². The number of hydrogen-bond acceptors (Lipinski definition) is 5.